The van der Waals surface area contributed by atoms with Crippen LogP contribution in [0.25, 0.3) is 0 Å². The Bertz CT molecular complexity index is 413. The first-order valence-electron chi connectivity index (χ1n) is 7.56. The van der Waals surface area contributed by atoms with E-state index >= 15 is 0 Å². The molecular weight excluding hydrogens is 237 g/mol. The molecular formula is C17H26FN. The average molecular weight is 263 g/mol. The molecule has 0 bridgehead atoms. The molecule has 2 heteroatoms. The van der Waals surface area contributed by atoms with Crippen LogP contribution in [0.4, 0.5) is 4.39 Å². The van der Waals surface area contributed by atoms with Gasteiger partial charge in [0, 0.05) is 5.54 Å². The van der Waals surface area contributed by atoms with E-state index in [2.05, 4.69) is 13.8 Å². The quantitative estimate of drug-likeness (QED) is 0.861. The van der Waals surface area contributed by atoms with Crippen LogP contribution >= 0.6 is 0 Å². The summed E-state index contributed by atoms with van der Waals surface area (Å²) in [5, 5.41) is 0. The normalized spacial score (nSPS) is 26.9. The van der Waals surface area contributed by atoms with Crippen molar-refractivity contribution >= 4 is 0 Å². The zero-order chi connectivity index (χ0) is 13.9. The Morgan fingerprint density at radius 1 is 1.32 bits per heavy atom. The van der Waals surface area contributed by atoms with E-state index < -0.39 is 0 Å². The van der Waals surface area contributed by atoms with Crippen LogP contribution < -0.4 is 5.73 Å². The maximum absolute atomic E-state index is 13.3. The fourth-order valence-corrected chi connectivity index (χ4v) is 3.78. The van der Waals surface area contributed by atoms with Crippen LogP contribution in [0.5, 0.6) is 0 Å². The molecule has 1 saturated carbocycles. The Morgan fingerprint density at radius 2 is 2.05 bits per heavy atom. The zero-order valence-corrected chi connectivity index (χ0v) is 12.2. The first-order valence-corrected chi connectivity index (χ1v) is 7.56. The number of hydrogen-bond acceptors (Lipinski definition) is 1. The van der Waals surface area contributed by atoms with Crippen molar-refractivity contribution in [2.45, 2.75) is 57.9 Å². The van der Waals surface area contributed by atoms with Crippen molar-refractivity contribution in [3.8, 4) is 0 Å². The van der Waals surface area contributed by atoms with Gasteiger partial charge in [0.05, 0.1) is 0 Å². The second-order valence-corrected chi connectivity index (χ2v) is 6.37. The molecule has 3 unspecified atom stereocenters. The van der Waals surface area contributed by atoms with E-state index in [1.807, 2.05) is 6.07 Å². The lowest BCUT2D eigenvalue weighted by Gasteiger charge is -2.42. The first kappa shape index (κ1) is 14.5. The summed E-state index contributed by atoms with van der Waals surface area (Å²) in [4.78, 5) is 0. The summed E-state index contributed by atoms with van der Waals surface area (Å²) < 4.78 is 13.3. The summed E-state index contributed by atoms with van der Waals surface area (Å²) in [6.45, 7) is 4.41. The molecule has 2 rings (SSSR count). The lowest BCUT2D eigenvalue weighted by Crippen LogP contribution is -2.50. The summed E-state index contributed by atoms with van der Waals surface area (Å²) in [6, 6.07) is 6.87. The molecule has 19 heavy (non-hydrogen) atoms. The topological polar surface area (TPSA) is 26.0 Å². The van der Waals surface area contributed by atoms with Gasteiger partial charge in [-0.25, -0.2) is 4.39 Å². The molecule has 3 atom stereocenters. The second kappa shape index (κ2) is 6.04. The van der Waals surface area contributed by atoms with Crippen LogP contribution in [0.1, 0.15) is 51.5 Å². The molecule has 1 aromatic rings. The van der Waals surface area contributed by atoms with E-state index in [4.69, 9.17) is 5.73 Å². The molecule has 1 nitrogen and oxygen atoms in total. The van der Waals surface area contributed by atoms with Gasteiger partial charge < -0.3 is 5.73 Å². The molecule has 1 aromatic carbocycles. The number of nitrogens with two attached hydrogens (primary N) is 1. The minimum atomic E-state index is -0.227. The second-order valence-electron chi connectivity index (χ2n) is 6.37. The summed E-state index contributed by atoms with van der Waals surface area (Å²) in [7, 11) is 0. The number of rotatable bonds is 4. The van der Waals surface area contributed by atoms with Crippen molar-refractivity contribution in [3.63, 3.8) is 0 Å². The van der Waals surface area contributed by atoms with Gasteiger partial charge in [-0.1, -0.05) is 44.7 Å². The highest BCUT2D eigenvalue weighted by molar-refractivity contribution is 5.19. The standard InChI is InChI=1S/C17H26FN/c1-3-14-8-4-5-10-16(14)17(2,19)12-13-7-6-9-15(18)11-13/h6-7,9,11,14,16H,3-5,8,10,12,19H2,1-2H3. The van der Waals surface area contributed by atoms with Gasteiger partial charge in [0.15, 0.2) is 0 Å². The van der Waals surface area contributed by atoms with Crippen molar-refractivity contribution < 1.29 is 4.39 Å². The molecule has 0 heterocycles. The third-order valence-corrected chi connectivity index (χ3v) is 4.75. The monoisotopic (exact) mass is 263 g/mol. The van der Waals surface area contributed by atoms with Crippen LogP contribution in [-0.4, -0.2) is 5.54 Å². The number of benzene rings is 1. The molecule has 0 saturated heterocycles. The van der Waals surface area contributed by atoms with Gasteiger partial charge in [-0.15, -0.1) is 0 Å². The first-order chi connectivity index (χ1) is 9.03. The Hall–Kier alpha value is -0.890. The van der Waals surface area contributed by atoms with Crippen molar-refractivity contribution in [3.05, 3.63) is 35.6 Å². The molecule has 1 fully saturated rings. The van der Waals surface area contributed by atoms with Gasteiger partial charge in [-0.3, -0.25) is 0 Å². The molecule has 0 aliphatic heterocycles. The maximum atomic E-state index is 13.3. The Balaban J connectivity index is 2.12. The van der Waals surface area contributed by atoms with Gasteiger partial charge in [-0.05, 0) is 49.3 Å². The van der Waals surface area contributed by atoms with Gasteiger partial charge >= 0.3 is 0 Å². The van der Waals surface area contributed by atoms with Gasteiger partial charge in [-0.2, -0.15) is 0 Å². The van der Waals surface area contributed by atoms with Crippen LogP contribution in [0, 0.1) is 17.7 Å². The van der Waals surface area contributed by atoms with Crippen molar-refractivity contribution in [2.24, 2.45) is 17.6 Å². The largest absolute Gasteiger partial charge is 0.325 e. The van der Waals surface area contributed by atoms with E-state index in [9.17, 15) is 4.39 Å². The Kier molecular flexibility index (Phi) is 4.62. The fourth-order valence-electron chi connectivity index (χ4n) is 3.78. The highest BCUT2D eigenvalue weighted by Gasteiger charge is 2.36. The summed E-state index contributed by atoms with van der Waals surface area (Å²) >= 11 is 0. The summed E-state index contributed by atoms with van der Waals surface area (Å²) in [6.07, 6.45) is 7.13. The average Bonchev–Trinajstić information content (AvgIpc) is 2.38. The molecule has 106 valence electrons. The SMILES string of the molecule is CCC1CCCCC1C(C)(N)Cc1cccc(F)c1. The molecule has 0 amide bonds. The Morgan fingerprint density at radius 3 is 2.74 bits per heavy atom. The lowest BCUT2D eigenvalue weighted by atomic mass is 9.67. The van der Waals surface area contributed by atoms with Crippen LogP contribution in [0.2, 0.25) is 0 Å². The molecule has 0 radical (unpaired) electrons. The third kappa shape index (κ3) is 3.56. The van der Waals surface area contributed by atoms with Crippen LogP contribution in [-0.2, 0) is 6.42 Å². The minimum absolute atomic E-state index is 0.163. The summed E-state index contributed by atoms with van der Waals surface area (Å²) in [5.41, 5.74) is 7.41. The highest BCUT2D eigenvalue weighted by atomic mass is 19.1. The van der Waals surface area contributed by atoms with E-state index in [0.717, 1.165) is 17.9 Å². The third-order valence-electron chi connectivity index (χ3n) is 4.75. The minimum Gasteiger partial charge on any atom is -0.325 e. The molecule has 0 aromatic heterocycles. The molecule has 2 N–H and O–H groups in total. The molecule has 0 spiro atoms. The molecule has 1 aliphatic carbocycles. The molecule has 1 aliphatic rings. The van der Waals surface area contributed by atoms with Gasteiger partial charge in [0.25, 0.3) is 0 Å². The van der Waals surface area contributed by atoms with Gasteiger partial charge in [0.2, 0.25) is 0 Å². The van der Waals surface area contributed by atoms with Crippen molar-refractivity contribution in [1.82, 2.24) is 0 Å². The lowest BCUT2D eigenvalue weighted by molar-refractivity contribution is 0.138. The van der Waals surface area contributed by atoms with E-state index in [0.29, 0.717) is 5.92 Å². The van der Waals surface area contributed by atoms with Crippen molar-refractivity contribution in [1.29, 1.82) is 0 Å². The van der Waals surface area contributed by atoms with E-state index in [1.54, 1.807) is 12.1 Å². The van der Waals surface area contributed by atoms with Crippen molar-refractivity contribution in [2.75, 3.05) is 0 Å². The predicted molar refractivity (Wildman–Crippen MR) is 78.4 cm³/mol. The Labute approximate surface area is 116 Å². The smallest absolute Gasteiger partial charge is 0.123 e. The highest BCUT2D eigenvalue weighted by Crippen LogP contribution is 2.39. The fraction of sp³-hybridized carbons (Fsp3) is 0.647. The van der Waals surface area contributed by atoms with Crippen LogP contribution in [0.3, 0.4) is 0 Å². The zero-order valence-electron chi connectivity index (χ0n) is 12.2. The summed E-state index contributed by atoms with van der Waals surface area (Å²) in [5.74, 6) is 1.14. The van der Waals surface area contributed by atoms with Gasteiger partial charge in [0.1, 0.15) is 5.82 Å². The number of hydrogen-bond donors (Lipinski definition) is 1. The van der Waals surface area contributed by atoms with E-state index in [-0.39, 0.29) is 11.4 Å². The van der Waals surface area contributed by atoms with Crippen LogP contribution in [0.15, 0.2) is 24.3 Å². The predicted octanol–water partition coefficient (Wildman–Crippen LogP) is 4.30. The number of halogens is 1. The van der Waals surface area contributed by atoms with E-state index in [1.165, 1.54) is 38.2 Å². The maximum Gasteiger partial charge on any atom is 0.123 e.